The summed E-state index contributed by atoms with van der Waals surface area (Å²) in [5.74, 6) is 1.22. The standard InChI is InChI=1S/C28H24N4O3/c1-18-17-24(31-35-18)29-27(33)25-26(20-13-15-21(16-14-20)32(2)3)34-28(30-25)23-12-8-7-11-22(23)19-9-5-4-6-10-19/h4-17H,1-3H3,(H,29,31,33). The lowest BCUT2D eigenvalue weighted by molar-refractivity contribution is 0.102. The molecule has 0 fully saturated rings. The number of aromatic nitrogens is 2. The highest BCUT2D eigenvalue weighted by atomic mass is 16.5. The predicted octanol–water partition coefficient (Wildman–Crippen LogP) is 6.29. The first-order chi connectivity index (χ1) is 17.0. The smallest absolute Gasteiger partial charge is 0.279 e. The van der Waals surface area contributed by atoms with Gasteiger partial charge in [-0.15, -0.1) is 0 Å². The van der Waals surface area contributed by atoms with E-state index in [1.54, 1.807) is 13.0 Å². The van der Waals surface area contributed by atoms with Crippen LogP contribution >= 0.6 is 0 Å². The Morgan fingerprint density at radius 2 is 1.54 bits per heavy atom. The molecule has 0 radical (unpaired) electrons. The molecule has 0 aliphatic carbocycles. The molecule has 0 spiro atoms. The molecule has 35 heavy (non-hydrogen) atoms. The third kappa shape index (κ3) is 4.56. The van der Waals surface area contributed by atoms with Crippen molar-refractivity contribution in [3.05, 3.63) is 96.4 Å². The van der Waals surface area contributed by atoms with Gasteiger partial charge < -0.3 is 19.2 Å². The molecular formula is C28H24N4O3. The molecule has 0 bridgehead atoms. The number of benzene rings is 3. The molecule has 0 aliphatic heterocycles. The lowest BCUT2D eigenvalue weighted by atomic mass is 10.00. The van der Waals surface area contributed by atoms with Crippen LogP contribution in [0.3, 0.4) is 0 Å². The highest BCUT2D eigenvalue weighted by molar-refractivity contribution is 6.06. The van der Waals surface area contributed by atoms with Crippen LogP contribution in [0.4, 0.5) is 11.5 Å². The molecule has 1 N–H and O–H groups in total. The van der Waals surface area contributed by atoms with Crippen molar-refractivity contribution in [2.75, 3.05) is 24.3 Å². The van der Waals surface area contributed by atoms with Crippen LogP contribution in [-0.2, 0) is 0 Å². The highest BCUT2D eigenvalue weighted by Gasteiger charge is 2.24. The fourth-order valence-electron chi connectivity index (χ4n) is 3.84. The van der Waals surface area contributed by atoms with Gasteiger partial charge in [-0.3, -0.25) is 4.79 Å². The van der Waals surface area contributed by atoms with Gasteiger partial charge in [0.25, 0.3) is 5.91 Å². The van der Waals surface area contributed by atoms with Gasteiger partial charge in [0.1, 0.15) is 5.76 Å². The van der Waals surface area contributed by atoms with Crippen molar-refractivity contribution in [1.82, 2.24) is 10.1 Å². The van der Waals surface area contributed by atoms with Gasteiger partial charge >= 0.3 is 0 Å². The van der Waals surface area contributed by atoms with Crippen LogP contribution in [0.15, 0.2) is 93.9 Å². The summed E-state index contributed by atoms with van der Waals surface area (Å²) in [5.41, 5.74) is 4.73. The molecule has 5 rings (SSSR count). The number of aryl methyl sites for hydroxylation is 1. The summed E-state index contributed by atoms with van der Waals surface area (Å²) in [4.78, 5) is 19.9. The van der Waals surface area contributed by atoms with Gasteiger partial charge in [0.2, 0.25) is 5.89 Å². The zero-order chi connectivity index (χ0) is 24.4. The Hall–Kier alpha value is -4.65. The average Bonchev–Trinajstić information content (AvgIpc) is 3.51. The van der Waals surface area contributed by atoms with E-state index in [-0.39, 0.29) is 5.69 Å². The molecule has 0 aliphatic rings. The molecule has 0 atom stereocenters. The minimum absolute atomic E-state index is 0.168. The van der Waals surface area contributed by atoms with Crippen molar-refractivity contribution < 1.29 is 13.7 Å². The second-order valence-corrected chi connectivity index (χ2v) is 8.33. The summed E-state index contributed by atoms with van der Waals surface area (Å²) in [6, 6.07) is 27.3. The van der Waals surface area contributed by atoms with E-state index in [0.717, 1.165) is 27.9 Å². The molecule has 0 unspecified atom stereocenters. The van der Waals surface area contributed by atoms with Gasteiger partial charge in [0, 0.05) is 37.0 Å². The maximum absolute atomic E-state index is 13.3. The van der Waals surface area contributed by atoms with Gasteiger partial charge in [-0.1, -0.05) is 53.7 Å². The minimum Gasteiger partial charge on any atom is -0.435 e. The Labute approximate surface area is 203 Å². The maximum Gasteiger partial charge on any atom is 0.279 e. The molecular weight excluding hydrogens is 440 g/mol. The Morgan fingerprint density at radius 3 is 2.20 bits per heavy atom. The second-order valence-electron chi connectivity index (χ2n) is 8.33. The van der Waals surface area contributed by atoms with Gasteiger partial charge in [-0.05, 0) is 48.4 Å². The summed E-state index contributed by atoms with van der Waals surface area (Å²) >= 11 is 0. The normalized spacial score (nSPS) is 10.8. The third-order valence-corrected chi connectivity index (χ3v) is 5.60. The van der Waals surface area contributed by atoms with Crippen molar-refractivity contribution >= 4 is 17.4 Å². The van der Waals surface area contributed by atoms with Crippen molar-refractivity contribution in [1.29, 1.82) is 0 Å². The first-order valence-corrected chi connectivity index (χ1v) is 11.2. The van der Waals surface area contributed by atoms with Gasteiger partial charge in [-0.25, -0.2) is 4.98 Å². The van der Waals surface area contributed by atoms with Gasteiger partial charge in [0.05, 0.1) is 0 Å². The van der Waals surface area contributed by atoms with Gasteiger partial charge in [0.15, 0.2) is 17.3 Å². The highest BCUT2D eigenvalue weighted by Crippen LogP contribution is 2.36. The number of nitrogens with one attached hydrogen (secondary N) is 1. The Morgan fingerprint density at radius 1 is 0.857 bits per heavy atom. The van der Waals surface area contributed by atoms with Crippen molar-refractivity contribution in [3.63, 3.8) is 0 Å². The van der Waals surface area contributed by atoms with Crippen LogP contribution in [-0.4, -0.2) is 30.1 Å². The molecule has 7 heteroatoms. The molecule has 0 saturated heterocycles. The molecule has 5 aromatic rings. The zero-order valence-electron chi connectivity index (χ0n) is 19.6. The summed E-state index contributed by atoms with van der Waals surface area (Å²) in [5, 5.41) is 6.62. The summed E-state index contributed by atoms with van der Waals surface area (Å²) in [6.07, 6.45) is 0. The van der Waals surface area contributed by atoms with Crippen LogP contribution in [0.25, 0.3) is 33.9 Å². The lowest BCUT2D eigenvalue weighted by Gasteiger charge is -2.12. The van der Waals surface area contributed by atoms with Gasteiger partial charge in [-0.2, -0.15) is 0 Å². The molecule has 2 heterocycles. The molecule has 2 aromatic heterocycles. The number of rotatable bonds is 6. The third-order valence-electron chi connectivity index (χ3n) is 5.60. The number of hydrogen-bond acceptors (Lipinski definition) is 6. The Balaban J connectivity index is 1.61. The van der Waals surface area contributed by atoms with Crippen LogP contribution in [0.5, 0.6) is 0 Å². The van der Waals surface area contributed by atoms with E-state index in [2.05, 4.69) is 15.5 Å². The Bertz CT molecular complexity index is 1470. The Kier molecular flexibility index (Phi) is 5.89. The monoisotopic (exact) mass is 464 g/mol. The second kappa shape index (κ2) is 9.30. The van der Waals surface area contributed by atoms with Crippen LogP contribution in [0.2, 0.25) is 0 Å². The van der Waals surface area contributed by atoms with E-state index in [9.17, 15) is 4.79 Å². The van der Waals surface area contributed by atoms with E-state index in [1.165, 1.54) is 0 Å². The van der Waals surface area contributed by atoms with Crippen molar-refractivity contribution in [2.24, 2.45) is 0 Å². The number of anilines is 2. The lowest BCUT2D eigenvalue weighted by Crippen LogP contribution is -2.13. The molecule has 7 nitrogen and oxygen atoms in total. The predicted molar refractivity (Wildman–Crippen MR) is 136 cm³/mol. The van der Waals surface area contributed by atoms with Crippen LogP contribution in [0.1, 0.15) is 16.2 Å². The number of oxazole rings is 1. The van der Waals surface area contributed by atoms with Crippen molar-refractivity contribution in [3.8, 4) is 33.9 Å². The largest absolute Gasteiger partial charge is 0.435 e. The van der Waals surface area contributed by atoms with E-state index in [0.29, 0.717) is 23.2 Å². The number of nitrogens with zero attached hydrogens (tertiary/aromatic N) is 3. The zero-order valence-corrected chi connectivity index (χ0v) is 19.6. The summed E-state index contributed by atoms with van der Waals surface area (Å²) < 4.78 is 11.4. The van der Waals surface area contributed by atoms with E-state index < -0.39 is 5.91 Å². The summed E-state index contributed by atoms with van der Waals surface area (Å²) in [6.45, 7) is 1.76. The van der Waals surface area contributed by atoms with E-state index >= 15 is 0 Å². The fourth-order valence-corrected chi connectivity index (χ4v) is 3.84. The maximum atomic E-state index is 13.3. The number of carbonyl (C=O) groups is 1. The van der Waals surface area contributed by atoms with Crippen LogP contribution in [0, 0.1) is 6.92 Å². The number of amides is 1. The summed E-state index contributed by atoms with van der Waals surface area (Å²) in [7, 11) is 3.95. The quantitative estimate of drug-likeness (QED) is 0.318. The fraction of sp³-hybridized carbons (Fsp3) is 0.107. The molecule has 3 aromatic carbocycles. The first-order valence-electron chi connectivity index (χ1n) is 11.2. The molecule has 1 amide bonds. The number of carbonyl (C=O) groups excluding carboxylic acids is 1. The topological polar surface area (TPSA) is 84.4 Å². The van der Waals surface area contributed by atoms with Crippen LogP contribution < -0.4 is 10.2 Å². The molecule has 174 valence electrons. The average molecular weight is 465 g/mol. The first kappa shape index (κ1) is 22.2. The minimum atomic E-state index is -0.433. The molecule has 0 saturated carbocycles. The van der Waals surface area contributed by atoms with E-state index in [4.69, 9.17) is 8.94 Å². The van der Waals surface area contributed by atoms with Crippen molar-refractivity contribution in [2.45, 2.75) is 6.92 Å². The SMILES string of the molecule is Cc1cc(NC(=O)c2nc(-c3ccccc3-c3ccccc3)oc2-c2ccc(N(C)C)cc2)no1. The van der Waals surface area contributed by atoms with E-state index in [1.807, 2.05) is 97.9 Å². The number of hydrogen-bond donors (Lipinski definition) is 1.